The third-order valence-corrected chi connectivity index (χ3v) is 10.6. The van der Waals surface area contributed by atoms with Crippen LogP contribution in [0.3, 0.4) is 0 Å². The number of piperidine rings is 1. The van der Waals surface area contributed by atoms with Crippen molar-refractivity contribution in [3.8, 4) is 5.75 Å². The van der Waals surface area contributed by atoms with Crippen LogP contribution in [0.15, 0.2) is 48.2 Å². The minimum absolute atomic E-state index is 0.0165. The molecule has 1 aromatic rings. The van der Waals surface area contributed by atoms with Crippen molar-refractivity contribution >= 4 is 40.8 Å². The Bertz CT molecular complexity index is 1180. The van der Waals surface area contributed by atoms with Gasteiger partial charge in [0.1, 0.15) is 11.9 Å². The van der Waals surface area contributed by atoms with Gasteiger partial charge in [-0.2, -0.15) is 0 Å². The molecule has 6 atom stereocenters. The second-order valence-corrected chi connectivity index (χ2v) is 13.6. The SMILES string of the molecule is C=C1CC[C@@H]2C3NC(=O)C=C4CC(OC(=O)CCOc5ccc(N(CCCl)CCCl)cc5)CCC4(C)[C@H]3CCC2(C)N1. The number of hydrogen-bond donors (Lipinski definition) is 2. The number of carbonyl (C=O) groups excluding carboxylic acids is 2. The number of fused-ring (bicyclic) bond motifs is 5. The number of allylic oxidation sites excluding steroid dienone is 1. The minimum atomic E-state index is -0.269. The van der Waals surface area contributed by atoms with E-state index in [1.165, 1.54) is 0 Å². The molecule has 4 aliphatic rings. The van der Waals surface area contributed by atoms with E-state index in [9.17, 15) is 9.59 Å². The van der Waals surface area contributed by atoms with Gasteiger partial charge in [0.25, 0.3) is 0 Å². The maximum absolute atomic E-state index is 13.1. The van der Waals surface area contributed by atoms with Crippen LogP contribution in [0.1, 0.15) is 65.2 Å². The number of nitrogens with one attached hydrogen (secondary N) is 2. The molecule has 2 heterocycles. The van der Waals surface area contributed by atoms with E-state index in [1.54, 1.807) is 6.08 Å². The van der Waals surface area contributed by atoms with Gasteiger partial charge in [-0.3, -0.25) is 9.59 Å². The van der Waals surface area contributed by atoms with Crippen molar-refractivity contribution in [2.45, 2.75) is 82.9 Å². The summed E-state index contributed by atoms with van der Waals surface area (Å²) in [5.74, 6) is 2.20. The number of anilines is 1. The van der Waals surface area contributed by atoms with Crippen LogP contribution >= 0.6 is 23.2 Å². The molecule has 2 N–H and O–H groups in total. The zero-order valence-electron chi connectivity index (χ0n) is 24.9. The summed E-state index contributed by atoms with van der Waals surface area (Å²) >= 11 is 11.8. The summed E-state index contributed by atoms with van der Waals surface area (Å²) in [7, 11) is 0. The second kappa shape index (κ2) is 13.1. The maximum atomic E-state index is 13.1. The quantitative estimate of drug-likeness (QED) is 0.249. The number of amides is 1. The molecule has 5 rings (SSSR count). The van der Waals surface area contributed by atoms with Crippen molar-refractivity contribution in [2.75, 3.05) is 36.4 Å². The highest BCUT2D eigenvalue weighted by Crippen LogP contribution is 2.56. The molecule has 0 radical (unpaired) electrons. The van der Waals surface area contributed by atoms with Crippen LogP contribution in [-0.4, -0.2) is 61.0 Å². The van der Waals surface area contributed by atoms with Crippen LogP contribution in [0.4, 0.5) is 5.69 Å². The van der Waals surface area contributed by atoms with E-state index in [4.69, 9.17) is 32.7 Å². The number of nitrogens with zero attached hydrogens (tertiary/aromatic N) is 1. The van der Waals surface area contributed by atoms with Crippen LogP contribution in [0, 0.1) is 17.3 Å². The lowest BCUT2D eigenvalue weighted by atomic mass is 9.53. The Labute approximate surface area is 260 Å². The van der Waals surface area contributed by atoms with E-state index < -0.39 is 0 Å². The summed E-state index contributed by atoms with van der Waals surface area (Å²) in [6, 6.07) is 7.86. The molecule has 1 amide bonds. The molecule has 2 aliphatic carbocycles. The lowest BCUT2D eigenvalue weighted by Gasteiger charge is -2.57. The molecule has 1 aromatic carbocycles. The average molecular weight is 619 g/mol. The van der Waals surface area contributed by atoms with Crippen molar-refractivity contribution in [1.82, 2.24) is 10.6 Å². The van der Waals surface area contributed by atoms with Gasteiger partial charge in [0.2, 0.25) is 5.91 Å². The number of alkyl halides is 2. The first kappa shape index (κ1) is 31.1. The fourth-order valence-electron chi connectivity index (χ4n) is 8.00. The third-order valence-electron chi connectivity index (χ3n) is 10.3. The molecule has 1 saturated heterocycles. The Morgan fingerprint density at radius 1 is 1.07 bits per heavy atom. The maximum Gasteiger partial charge on any atom is 0.309 e. The highest BCUT2D eigenvalue weighted by molar-refractivity contribution is 6.18. The first-order valence-corrected chi connectivity index (χ1v) is 16.5. The number of esters is 1. The van der Waals surface area contributed by atoms with Crippen molar-refractivity contribution in [3.63, 3.8) is 0 Å². The van der Waals surface area contributed by atoms with Gasteiger partial charge in [-0.1, -0.05) is 19.1 Å². The van der Waals surface area contributed by atoms with E-state index >= 15 is 0 Å². The molecule has 7 nitrogen and oxygen atoms in total. The zero-order chi connectivity index (χ0) is 29.9. The molecule has 4 unspecified atom stereocenters. The zero-order valence-corrected chi connectivity index (χ0v) is 26.4. The summed E-state index contributed by atoms with van der Waals surface area (Å²) < 4.78 is 11.7. The van der Waals surface area contributed by atoms with Gasteiger partial charge < -0.3 is 25.0 Å². The molecular weight excluding hydrogens is 573 g/mol. The smallest absolute Gasteiger partial charge is 0.309 e. The van der Waals surface area contributed by atoms with Gasteiger partial charge in [-0.25, -0.2) is 0 Å². The lowest BCUT2D eigenvalue weighted by Crippen LogP contribution is -2.65. The predicted octanol–water partition coefficient (Wildman–Crippen LogP) is 5.95. The van der Waals surface area contributed by atoms with Crippen molar-refractivity contribution < 1.29 is 19.1 Å². The third kappa shape index (κ3) is 6.57. The van der Waals surface area contributed by atoms with Crippen LogP contribution < -0.4 is 20.3 Å². The molecule has 2 saturated carbocycles. The van der Waals surface area contributed by atoms with Crippen molar-refractivity contribution in [3.05, 3.63) is 48.2 Å². The molecule has 3 fully saturated rings. The van der Waals surface area contributed by atoms with Gasteiger partial charge in [0.05, 0.1) is 13.0 Å². The summed E-state index contributed by atoms with van der Waals surface area (Å²) in [5.41, 5.74) is 3.15. The van der Waals surface area contributed by atoms with E-state index in [1.807, 2.05) is 24.3 Å². The second-order valence-electron chi connectivity index (χ2n) is 12.9. The van der Waals surface area contributed by atoms with Crippen molar-refractivity contribution in [1.29, 1.82) is 0 Å². The Kier molecular flexibility index (Phi) is 9.68. The molecule has 9 heteroatoms. The predicted molar refractivity (Wildman–Crippen MR) is 168 cm³/mol. The molecule has 230 valence electrons. The Morgan fingerprint density at radius 3 is 2.52 bits per heavy atom. The molecule has 0 spiro atoms. The highest BCUT2D eigenvalue weighted by atomic mass is 35.5. The summed E-state index contributed by atoms with van der Waals surface area (Å²) in [5, 5.41) is 7.08. The van der Waals surface area contributed by atoms with Crippen LogP contribution in [0.2, 0.25) is 0 Å². The largest absolute Gasteiger partial charge is 0.493 e. The number of ether oxygens (including phenoxy) is 2. The Balaban J connectivity index is 1.14. The van der Waals surface area contributed by atoms with Gasteiger partial charge in [0.15, 0.2) is 0 Å². The highest BCUT2D eigenvalue weighted by Gasteiger charge is 2.56. The normalized spacial score (nSPS) is 32.1. The molecule has 42 heavy (non-hydrogen) atoms. The van der Waals surface area contributed by atoms with E-state index in [0.717, 1.165) is 68.6 Å². The Hall–Kier alpha value is -2.38. The average Bonchev–Trinajstić information content (AvgIpc) is 3.05. The van der Waals surface area contributed by atoms with E-state index in [-0.39, 0.29) is 48.0 Å². The first-order chi connectivity index (χ1) is 20.1. The number of benzene rings is 1. The molecule has 2 aliphatic heterocycles. The number of carbonyl (C=O) groups is 2. The number of rotatable bonds is 10. The molecule has 0 bridgehead atoms. The van der Waals surface area contributed by atoms with Gasteiger partial charge in [-0.05, 0) is 81.0 Å². The number of halogens is 2. The summed E-state index contributed by atoms with van der Waals surface area (Å²) in [6.07, 6.45) is 8.18. The van der Waals surface area contributed by atoms with Gasteiger partial charge in [0, 0.05) is 66.2 Å². The Morgan fingerprint density at radius 2 is 1.81 bits per heavy atom. The fourth-order valence-corrected chi connectivity index (χ4v) is 8.41. The van der Waals surface area contributed by atoms with Gasteiger partial charge in [-0.15, -0.1) is 23.2 Å². The van der Waals surface area contributed by atoms with Crippen LogP contribution in [0.5, 0.6) is 5.75 Å². The van der Waals surface area contributed by atoms with Crippen molar-refractivity contribution in [2.24, 2.45) is 17.3 Å². The topological polar surface area (TPSA) is 79.9 Å². The van der Waals surface area contributed by atoms with Crippen LogP contribution in [0.25, 0.3) is 0 Å². The van der Waals surface area contributed by atoms with Gasteiger partial charge >= 0.3 is 5.97 Å². The molecular formula is C33H45Cl2N3O4. The lowest BCUT2D eigenvalue weighted by molar-refractivity contribution is -0.151. The number of hydrogen-bond acceptors (Lipinski definition) is 6. The minimum Gasteiger partial charge on any atom is -0.493 e. The summed E-state index contributed by atoms with van der Waals surface area (Å²) in [6.45, 7) is 10.5. The van der Waals surface area contributed by atoms with E-state index in [0.29, 0.717) is 35.8 Å². The van der Waals surface area contributed by atoms with Crippen LogP contribution in [-0.2, 0) is 14.3 Å². The first-order valence-electron chi connectivity index (χ1n) is 15.4. The molecule has 0 aromatic heterocycles. The monoisotopic (exact) mass is 617 g/mol. The van der Waals surface area contributed by atoms with E-state index in [2.05, 4.69) is 36.0 Å². The summed E-state index contributed by atoms with van der Waals surface area (Å²) in [4.78, 5) is 28.0. The fraction of sp³-hybridized carbons (Fsp3) is 0.636. The standard InChI is InChI=1S/C33H45Cl2N3O4/c1-22-4-9-28-31-27(11-14-33(28,3)37-22)32(2)13-10-26(20-23(32)21-29(39)36-31)42-30(40)12-19-41-25-7-5-24(6-8-25)38(17-15-34)18-16-35/h5-8,21,26-28,31,37H,1,4,9-20H2,2-3H3,(H,36,39)/t26?,27-,28+,31?,32?,33?/m0/s1.